The molecule has 2 aliphatic carbocycles. The minimum absolute atomic E-state index is 0. The third-order valence-electron chi connectivity index (χ3n) is 2.83. The van der Waals surface area contributed by atoms with Gasteiger partial charge in [-0.2, -0.15) is 0 Å². The molecule has 0 saturated heterocycles. The third-order valence-corrected chi connectivity index (χ3v) is 4.41. The molecule has 0 aromatic rings. The molecular weight excluding hydrogens is 342 g/mol. The van der Waals surface area contributed by atoms with Crippen molar-refractivity contribution in [1.29, 1.82) is 0 Å². The molecule has 0 nitrogen and oxygen atoms in total. The zero-order valence-corrected chi connectivity index (χ0v) is 13.7. The van der Waals surface area contributed by atoms with E-state index in [1.54, 1.807) is 35.9 Å². The molecule has 0 spiro atoms. The van der Waals surface area contributed by atoms with E-state index in [0.29, 0.717) is 3.12 Å². The molecule has 0 atom stereocenters. The van der Waals surface area contributed by atoms with Crippen LogP contribution in [0.5, 0.6) is 0 Å². The van der Waals surface area contributed by atoms with Gasteiger partial charge < -0.3 is 37.2 Å². The van der Waals surface area contributed by atoms with E-state index < -0.39 is 0 Å². The standard InChI is InChI=1S/C12H13.3ClH.Zr/c1-10(11-6-2-3-7-11)12-8-4-5-9-12;;;;/h2-6,8H,7,9H2,1H3;3*1H;/q;;;;+3/p-3. The van der Waals surface area contributed by atoms with Gasteiger partial charge >= 0.3 is 95.2 Å². The predicted octanol–water partition coefficient (Wildman–Crippen LogP) is -5.50. The van der Waals surface area contributed by atoms with E-state index in [-0.39, 0.29) is 37.2 Å². The Hall–Kier alpha value is 0.713. The Morgan fingerprint density at radius 1 is 0.938 bits per heavy atom. The first kappa shape index (κ1) is 19.1. The van der Waals surface area contributed by atoms with Gasteiger partial charge in [-0.1, -0.05) is 0 Å². The minimum Gasteiger partial charge on any atom is -1.00 e. The summed E-state index contributed by atoms with van der Waals surface area (Å²) in [6.07, 6.45) is 15.7. The number of rotatable bonds is 2. The van der Waals surface area contributed by atoms with Gasteiger partial charge in [-0.25, -0.2) is 0 Å². The van der Waals surface area contributed by atoms with E-state index in [2.05, 4.69) is 43.4 Å². The van der Waals surface area contributed by atoms with Crippen molar-refractivity contribution in [2.45, 2.75) is 22.9 Å². The molecular formula is C12H13Cl3Zr. The van der Waals surface area contributed by atoms with Crippen molar-refractivity contribution in [2.24, 2.45) is 0 Å². The average Bonchev–Trinajstić information content (AvgIpc) is 2.78. The SMILES string of the molecule is C[C]([Zr+3])(C1=CC=CC1)C1=CC=CC1.[Cl-].[Cl-].[Cl-]. The summed E-state index contributed by atoms with van der Waals surface area (Å²) in [5.74, 6) is 0. The van der Waals surface area contributed by atoms with Crippen molar-refractivity contribution in [3.05, 3.63) is 47.6 Å². The van der Waals surface area contributed by atoms with Crippen LogP contribution in [0.1, 0.15) is 19.8 Å². The maximum Gasteiger partial charge on any atom is -1.00 e. The van der Waals surface area contributed by atoms with E-state index in [9.17, 15) is 0 Å². The van der Waals surface area contributed by atoms with Crippen molar-refractivity contribution < 1.29 is 61.9 Å². The van der Waals surface area contributed by atoms with Crippen LogP contribution < -0.4 is 37.2 Å². The predicted molar refractivity (Wildman–Crippen MR) is 52.0 cm³/mol. The van der Waals surface area contributed by atoms with Gasteiger partial charge in [0.05, 0.1) is 0 Å². The molecule has 0 unspecified atom stereocenters. The molecule has 4 heteroatoms. The van der Waals surface area contributed by atoms with Crippen LogP contribution in [0.4, 0.5) is 0 Å². The van der Waals surface area contributed by atoms with Gasteiger partial charge in [-0.15, -0.1) is 0 Å². The molecule has 0 saturated carbocycles. The molecule has 0 aromatic heterocycles. The normalized spacial score (nSPS) is 16.9. The topological polar surface area (TPSA) is 0 Å². The first-order valence-electron chi connectivity index (χ1n) is 4.68. The van der Waals surface area contributed by atoms with Crippen molar-refractivity contribution in [3.63, 3.8) is 0 Å². The zero-order chi connectivity index (χ0) is 9.31. The van der Waals surface area contributed by atoms with Gasteiger partial charge in [-0.3, -0.25) is 0 Å². The van der Waals surface area contributed by atoms with Crippen LogP contribution in [0.2, 0.25) is 3.12 Å². The summed E-state index contributed by atoms with van der Waals surface area (Å²) in [6, 6.07) is 0. The van der Waals surface area contributed by atoms with Gasteiger partial charge in [0.25, 0.3) is 0 Å². The van der Waals surface area contributed by atoms with Crippen LogP contribution in [-0.4, -0.2) is 0 Å². The monoisotopic (exact) mass is 352 g/mol. The van der Waals surface area contributed by atoms with Crippen molar-refractivity contribution in [3.8, 4) is 0 Å². The maximum absolute atomic E-state index is 2.36. The van der Waals surface area contributed by atoms with Gasteiger partial charge in [0, 0.05) is 0 Å². The molecule has 0 bridgehead atoms. The van der Waals surface area contributed by atoms with Gasteiger partial charge in [-0.05, 0) is 0 Å². The van der Waals surface area contributed by atoms with Gasteiger partial charge in [0.1, 0.15) is 0 Å². The molecule has 0 radical (unpaired) electrons. The minimum atomic E-state index is 0. The summed E-state index contributed by atoms with van der Waals surface area (Å²) in [5, 5.41) is 0. The van der Waals surface area contributed by atoms with Crippen molar-refractivity contribution in [1.82, 2.24) is 0 Å². The number of halogens is 3. The molecule has 0 aliphatic heterocycles. The summed E-state index contributed by atoms with van der Waals surface area (Å²) >= 11 is 1.61. The van der Waals surface area contributed by atoms with E-state index in [1.165, 1.54) is 0 Å². The second kappa shape index (κ2) is 7.93. The van der Waals surface area contributed by atoms with Gasteiger partial charge in [0.2, 0.25) is 0 Å². The number of allylic oxidation sites excluding steroid dienone is 8. The van der Waals surface area contributed by atoms with Crippen LogP contribution in [0, 0.1) is 0 Å². The molecule has 16 heavy (non-hydrogen) atoms. The van der Waals surface area contributed by atoms with E-state index >= 15 is 0 Å². The molecule has 0 fully saturated rings. The summed E-state index contributed by atoms with van der Waals surface area (Å²) in [5.41, 5.74) is 3.17. The Morgan fingerprint density at radius 2 is 1.31 bits per heavy atom. The molecule has 86 valence electrons. The third kappa shape index (κ3) is 3.88. The Bertz CT molecular complexity index is 306. The fourth-order valence-corrected chi connectivity index (χ4v) is 2.75. The summed E-state index contributed by atoms with van der Waals surface area (Å²) in [7, 11) is 0. The molecule has 0 heterocycles. The largest absolute Gasteiger partial charge is 1.00 e. The first-order chi connectivity index (χ1) is 6.21. The van der Waals surface area contributed by atoms with Gasteiger partial charge in [0.15, 0.2) is 0 Å². The van der Waals surface area contributed by atoms with E-state index in [1.807, 2.05) is 0 Å². The first-order valence-corrected chi connectivity index (χ1v) is 5.91. The summed E-state index contributed by atoms with van der Waals surface area (Å²) in [6.45, 7) is 2.36. The van der Waals surface area contributed by atoms with Crippen LogP contribution in [0.15, 0.2) is 47.6 Å². The Labute approximate surface area is 131 Å². The Balaban J connectivity index is 0. The fraction of sp³-hybridized carbons (Fsp3) is 0.333. The molecule has 0 amide bonds. The smallest absolute Gasteiger partial charge is 1.00 e. The van der Waals surface area contributed by atoms with Crippen molar-refractivity contribution in [2.75, 3.05) is 0 Å². The molecule has 2 rings (SSSR count). The fourth-order valence-electron chi connectivity index (χ4n) is 1.84. The maximum atomic E-state index is 2.36. The summed E-state index contributed by atoms with van der Waals surface area (Å²) < 4.78 is 0.347. The van der Waals surface area contributed by atoms with Crippen LogP contribution in [-0.2, 0) is 24.7 Å². The Morgan fingerprint density at radius 3 is 1.56 bits per heavy atom. The second-order valence-electron chi connectivity index (χ2n) is 3.77. The molecule has 0 aromatic carbocycles. The second-order valence-corrected chi connectivity index (χ2v) is 6.23. The number of hydrogen-bond donors (Lipinski definition) is 0. The summed E-state index contributed by atoms with van der Waals surface area (Å²) in [4.78, 5) is 0. The van der Waals surface area contributed by atoms with Crippen LogP contribution >= 0.6 is 0 Å². The van der Waals surface area contributed by atoms with E-state index in [0.717, 1.165) is 12.8 Å². The number of hydrogen-bond acceptors (Lipinski definition) is 0. The zero-order valence-electron chi connectivity index (χ0n) is 9.01. The van der Waals surface area contributed by atoms with Crippen LogP contribution in [0.25, 0.3) is 0 Å². The molecule has 2 aliphatic rings. The van der Waals surface area contributed by atoms with Crippen molar-refractivity contribution >= 4 is 0 Å². The van der Waals surface area contributed by atoms with E-state index in [4.69, 9.17) is 0 Å². The average molecular weight is 355 g/mol. The quantitative estimate of drug-likeness (QED) is 0.464. The Kier molecular flexibility index (Phi) is 9.45. The molecule has 0 N–H and O–H groups in total. The van der Waals surface area contributed by atoms with Crippen LogP contribution in [0.3, 0.4) is 0 Å².